The van der Waals surface area contributed by atoms with E-state index in [0.29, 0.717) is 12.2 Å². The number of nitrogens with one attached hydrogen (secondary N) is 1. The van der Waals surface area contributed by atoms with Crippen LogP contribution in [0.4, 0.5) is 0 Å². The highest BCUT2D eigenvalue weighted by atomic mass is 16.5. The Bertz CT molecular complexity index is 371. The second-order valence-electron chi connectivity index (χ2n) is 4.62. The van der Waals surface area contributed by atoms with Crippen LogP contribution in [0.15, 0.2) is 24.3 Å². The van der Waals surface area contributed by atoms with Crippen LogP contribution in [0.1, 0.15) is 25.0 Å². The zero-order valence-corrected chi connectivity index (χ0v) is 11.5. The molecule has 1 rings (SSSR count). The third-order valence-electron chi connectivity index (χ3n) is 3.43. The van der Waals surface area contributed by atoms with Gasteiger partial charge in [0.25, 0.3) is 0 Å². The third-order valence-corrected chi connectivity index (χ3v) is 3.43. The van der Waals surface area contributed by atoms with Crippen molar-refractivity contribution in [3.05, 3.63) is 29.8 Å². The van der Waals surface area contributed by atoms with Gasteiger partial charge in [-0.05, 0) is 24.1 Å². The normalized spacial score (nSPS) is 13.3. The highest BCUT2D eigenvalue weighted by Gasteiger charge is 2.26. The highest BCUT2D eigenvalue weighted by Crippen LogP contribution is 2.19. The van der Waals surface area contributed by atoms with Gasteiger partial charge in [0.1, 0.15) is 5.75 Å². The van der Waals surface area contributed by atoms with Gasteiger partial charge in [0, 0.05) is 6.54 Å². The molecule has 0 saturated heterocycles. The minimum Gasteiger partial charge on any atom is -0.497 e. The molecule has 1 atom stereocenters. The van der Waals surface area contributed by atoms with Crippen LogP contribution < -0.4 is 10.1 Å². The molecule has 0 fully saturated rings. The van der Waals surface area contributed by atoms with Crippen molar-refractivity contribution in [2.75, 3.05) is 26.9 Å². The van der Waals surface area contributed by atoms with E-state index in [0.717, 1.165) is 5.56 Å². The van der Waals surface area contributed by atoms with Crippen LogP contribution >= 0.6 is 0 Å². The van der Waals surface area contributed by atoms with Crippen LogP contribution in [0.3, 0.4) is 0 Å². The van der Waals surface area contributed by atoms with E-state index < -0.39 is 11.6 Å². The summed E-state index contributed by atoms with van der Waals surface area (Å²) < 4.78 is 5.10. The second-order valence-corrected chi connectivity index (χ2v) is 4.62. The minimum atomic E-state index is -0.750. The Labute approximate surface area is 113 Å². The van der Waals surface area contributed by atoms with Gasteiger partial charge in [0.2, 0.25) is 0 Å². The number of β-amino-alcohol motifs (C(OH)–C–C–N with tert-alkyl or cyclic N) is 1. The molecule has 0 aromatic heterocycles. The predicted octanol–water partition coefficient (Wildman–Crippen LogP) is 0.452. The molecule has 4 N–H and O–H groups in total. The van der Waals surface area contributed by atoms with E-state index in [1.54, 1.807) is 25.3 Å². The van der Waals surface area contributed by atoms with Crippen LogP contribution in [0, 0.1) is 0 Å². The fourth-order valence-electron chi connectivity index (χ4n) is 1.79. The first-order chi connectivity index (χ1) is 9.10. The average molecular weight is 269 g/mol. The summed E-state index contributed by atoms with van der Waals surface area (Å²) in [6.45, 7) is 1.77. The van der Waals surface area contributed by atoms with Crippen molar-refractivity contribution in [1.29, 1.82) is 0 Å². The van der Waals surface area contributed by atoms with Gasteiger partial charge >= 0.3 is 0 Å². The maximum Gasteiger partial charge on any atom is 0.119 e. The molecule has 0 spiro atoms. The van der Waals surface area contributed by atoms with Gasteiger partial charge in [-0.3, -0.25) is 0 Å². The number of rotatable bonds is 8. The first kappa shape index (κ1) is 15.9. The van der Waals surface area contributed by atoms with Gasteiger partial charge in [0.15, 0.2) is 0 Å². The van der Waals surface area contributed by atoms with Crippen LogP contribution in [-0.2, 0) is 0 Å². The SMILES string of the molecule is CCC(CO)(CO)NCC(O)c1cccc(OC)c1. The smallest absolute Gasteiger partial charge is 0.119 e. The van der Waals surface area contributed by atoms with Crippen molar-refractivity contribution in [3.8, 4) is 5.75 Å². The molecule has 0 bridgehead atoms. The van der Waals surface area contributed by atoms with E-state index in [2.05, 4.69) is 5.32 Å². The Morgan fingerprint density at radius 2 is 2.00 bits per heavy atom. The van der Waals surface area contributed by atoms with E-state index in [4.69, 9.17) is 4.74 Å². The van der Waals surface area contributed by atoms with Gasteiger partial charge in [-0.15, -0.1) is 0 Å². The molecule has 1 aromatic rings. The molecule has 1 unspecified atom stereocenters. The fourth-order valence-corrected chi connectivity index (χ4v) is 1.79. The zero-order chi connectivity index (χ0) is 14.3. The van der Waals surface area contributed by atoms with Crippen molar-refractivity contribution in [3.63, 3.8) is 0 Å². The molecule has 0 aliphatic rings. The zero-order valence-electron chi connectivity index (χ0n) is 11.5. The topological polar surface area (TPSA) is 82.0 Å². The van der Waals surface area contributed by atoms with E-state index in [-0.39, 0.29) is 19.8 Å². The van der Waals surface area contributed by atoms with Crippen molar-refractivity contribution in [2.24, 2.45) is 0 Å². The minimum absolute atomic E-state index is 0.176. The van der Waals surface area contributed by atoms with Gasteiger partial charge in [-0.25, -0.2) is 0 Å². The van der Waals surface area contributed by atoms with E-state index >= 15 is 0 Å². The summed E-state index contributed by atoms with van der Waals surface area (Å²) in [5.41, 5.74) is -0.0208. The summed E-state index contributed by atoms with van der Waals surface area (Å²) in [5, 5.41) is 31.8. The van der Waals surface area contributed by atoms with Crippen molar-refractivity contribution < 1.29 is 20.1 Å². The molecule has 0 radical (unpaired) electrons. The lowest BCUT2D eigenvalue weighted by atomic mass is 9.97. The molecule has 0 amide bonds. The Morgan fingerprint density at radius 3 is 2.53 bits per heavy atom. The Kier molecular flexibility index (Phi) is 6.24. The molecule has 5 heteroatoms. The molecular formula is C14H23NO4. The Hall–Kier alpha value is -1.14. The molecule has 0 aliphatic carbocycles. The number of hydrogen-bond donors (Lipinski definition) is 4. The van der Waals surface area contributed by atoms with Gasteiger partial charge in [-0.1, -0.05) is 19.1 Å². The molecule has 108 valence electrons. The average Bonchev–Trinajstić information content (AvgIpc) is 2.49. The number of aliphatic hydroxyl groups excluding tert-OH is 3. The second kappa shape index (κ2) is 7.45. The number of benzene rings is 1. The van der Waals surface area contributed by atoms with E-state index in [9.17, 15) is 15.3 Å². The Morgan fingerprint density at radius 1 is 1.32 bits per heavy atom. The van der Waals surface area contributed by atoms with Crippen molar-refractivity contribution >= 4 is 0 Å². The van der Waals surface area contributed by atoms with Crippen LogP contribution in [0.25, 0.3) is 0 Å². The van der Waals surface area contributed by atoms with Crippen LogP contribution in [0.5, 0.6) is 5.75 Å². The summed E-state index contributed by atoms with van der Waals surface area (Å²) >= 11 is 0. The summed E-state index contributed by atoms with van der Waals surface area (Å²) in [4.78, 5) is 0. The summed E-state index contributed by atoms with van der Waals surface area (Å²) in [7, 11) is 1.57. The van der Waals surface area contributed by atoms with Crippen molar-refractivity contribution in [1.82, 2.24) is 5.32 Å². The molecule has 19 heavy (non-hydrogen) atoms. The molecule has 1 aromatic carbocycles. The molecule has 5 nitrogen and oxygen atoms in total. The molecule has 0 aliphatic heterocycles. The van der Waals surface area contributed by atoms with Crippen molar-refractivity contribution in [2.45, 2.75) is 25.0 Å². The molecular weight excluding hydrogens is 246 g/mol. The lowest BCUT2D eigenvalue weighted by Crippen LogP contribution is -2.52. The van der Waals surface area contributed by atoms with Crippen LogP contribution in [0.2, 0.25) is 0 Å². The number of ether oxygens (including phenoxy) is 1. The standard InChI is InChI=1S/C14H23NO4/c1-3-14(9-16,10-17)15-8-13(18)11-5-4-6-12(7-11)19-2/h4-7,13,15-18H,3,8-10H2,1-2H3. The summed E-state index contributed by atoms with van der Waals surface area (Å²) in [6, 6.07) is 7.18. The Balaban J connectivity index is 2.66. The summed E-state index contributed by atoms with van der Waals surface area (Å²) in [5.74, 6) is 0.683. The van der Waals surface area contributed by atoms with Gasteiger partial charge in [-0.2, -0.15) is 0 Å². The highest BCUT2D eigenvalue weighted by molar-refractivity contribution is 5.29. The number of hydrogen-bond acceptors (Lipinski definition) is 5. The van der Waals surface area contributed by atoms with E-state index in [1.165, 1.54) is 0 Å². The first-order valence-electron chi connectivity index (χ1n) is 6.39. The fraction of sp³-hybridized carbons (Fsp3) is 0.571. The maximum atomic E-state index is 10.1. The first-order valence-corrected chi connectivity index (χ1v) is 6.39. The third kappa shape index (κ3) is 4.18. The monoisotopic (exact) mass is 269 g/mol. The largest absolute Gasteiger partial charge is 0.497 e. The lowest BCUT2D eigenvalue weighted by Gasteiger charge is -2.31. The molecule has 0 heterocycles. The quantitative estimate of drug-likeness (QED) is 0.551. The summed E-state index contributed by atoms with van der Waals surface area (Å²) in [6.07, 6.45) is -0.149. The number of methoxy groups -OCH3 is 1. The predicted molar refractivity (Wildman–Crippen MR) is 73.2 cm³/mol. The van der Waals surface area contributed by atoms with E-state index in [1.807, 2.05) is 13.0 Å². The van der Waals surface area contributed by atoms with Gasteiger partial charge in [0.05, 0.1) is 32.0 Å². The molecule has 0 saturated carbocycles. The lowest BCUT2D eigenvalue weighted by molar-refractivity contribution is 0.0706. The van der Waals surface area contributed by atoms with Gasteiger partial charge < -0.3 is 25.4 Å². The number of aliphatic hydroxyl groups is 3. The van der Waals surface area contributed by atoms with Crippen LogP contribution in [-0.4, -0.2) is 47.7 Å². The maximum absolute atomic E-state index is 10.1.